The van der Waals surface area contributed by atoms with Crippen molar-refractivity contribution >= 4 is 27.4 Å². The lowest BCUT2D eigenvalue weighted by molar-refractivity contribution is -0.137. The highest BCUT2D eigenvalue weighted by Gasteiger charge is 2.45. The predicted octanol–water partition coefficient (Wildman–Crippen LogP) is 5.99. The first kappa shape index (κ1) is 24.3. The average molecular weight is 523 g/mol. The molecule has 0 bridgehead atoms. The van der Waals surface area contributed by atoms with Crippen molar-refractivity contribution in [2.24, 2.45) is 0 Å². The monoisotopic (exact) mass is 522 g/mol. The van der Waals surface area contributed by atoms with Crippen molar-refractivity contribution in [1.29, 1.82) is 0 Å². The molecular weight excluding hydrogens is 497 g/mol. The van der Waals surface area contributed by atoms with Crippen LogP contribution in [0.4, 0.5) is 18.9 Å². The van der Waals surface area contributed by atoms with Gasteiger partial charge in [0.05, 0.1) is 17.8 Å². The van der Waals surface area contributed by atoms with Crippen LogP contribution in [0.15, 0.2) is 70.9 Å². The molecule has 2 aliphatic heterocycles. The number of hydrogen-bond acceptors (Lipinski definition) is 5. The van der Waals surface area contributed by atoms with Gasteiger partial charge in [0.15, 0.2) is 15.3 Å². The third kappa shape index (κ3) is 4.97. The maximum Gasteiger partial charge on any atom is 0.416 e. The molecule has 186 valence electrons. The molecule has 5 nitrogen and oxygen atoms in total. The summed E-state index contributed by atoms with van der Waals surface area (Å²) < 4.78 is 73.5. The Morgan fingerprint density at radius 1 is 1.00 bits per heavy atom. The summed E-state index contributed by atoms with van der Waals surface area (Å²) in [6, 6.07) is 16.0. The number of nitrogens with zero attached hydrogens (tertiary/aromatic N) is 2. The Labute approximate surface area is 207 Å². The fourth-order valence-electron chi connectivity index (χ4n) is 4.77. The van der Waals surface area contributed by atoms with E-state index in [9.17, 15) is 21.9 Å². The van der Waals surface area contributed by atoms with E-state index in [1.54, 1.807) is 11.3 Å². The molecule has 0 saturated carbocycles. The second kappa shape index (κ2) is 9.24. The van der Waals surface area contributed by atoms with E-state index in [-0.39, 0.29) is 18.0 Å². The molecule has 3 heterocycles. The molecule has 1 atom stereocenters. The number of ether oxygens (including phenoxy) is 1. The summed E-state index contributed by atoms with van der Waals surface area (Å²) in [7, 11) is -4.05. The van der Waals surface area contributed by atoms with E-state index in [0.29, 0.717) is 18.9 Å². The highest BCUT2D eigenvalue weighted by atomic mass is 32.3. The third-order valence-corrected chi connectivity index (χ3v) is 9.49. The van der Waals surface area contributed by atoms with Crippen molar-refractivity contribution in [3.63, 3.8) is 0 Å². The zero-order valence-electron chi connectivity index (χ0n) is 18.9. The molecule has 0 radical (unpaired) electrons. The minimum Gasteiger partial charge on any atom is -0.593 e. The SMILES string of the molecule is O=[S+]([O-])(c1cccc(C(F)(F)F)c1)N1CCC2(CCN(Cc3cccs3)c3ccccc3O2)CC1. The molecule has 3 aromatic rings. The number of halogens is 3. The van der Waals surface area contributed by atoms with Gasteiger partial charge in [-0.25, -0.2) is 0 Å². The number of piperidine rings is 1. The molecule has 2 aliphatic rings. The summed E-state index contributed by atoms with van der Waals surface area (Å²) in [5.41, 5.74) is -0.487. The normalized spacial score (nSPS) is 20.1. The van der Waals surface area contributed by atoms with E-state index in [1.165, 1.54) is 15.2 Å². The van der Waals surface area contributed by atoms with E-state index in [2.05, 4.69) is 16.3 Å². The second-order valence-electron chi connectivity index (χ2n) is 8.93. The first-order valence-corrected chi connectivity index (χ1v) is 13.7. The molecule has 10 heteroatoms. The Morgan fingerprint density at radius 2 is 1.74 bits per heavy atom. The van der Waals surface area contributed by atoms with Gasteiger partial charge in [0.1, 0.15) is 11.4 Å². The molecule has 0 amide bonds. The maximum atomic E-state index is 13.1. The van der Waals surface area contributed by atoms with Crippen LogP contribution in [0, 0.1) is 0 Å². The Bertz CT molecular complexity index is 1220. The standard InChI is InChI=1S/C25H25F3N2O3S2/c26-25(27,28)19-5-3-7-21(17-19)35(31,32)30-14-11-24(12-15-30)10-13-29(18-20-6-4-16-34-20)22-8-1-2-9-23(22)33-24/h1-9,16-17H,10-15,18H2. The topological polar surface area (TPSA) is 55.8 Å². The molecule has 0 N–H and O–H groups in total. The first-order chi connectivity index (χ1) is 16.7. The zero-order valence-corrected chi connectivity index (χ0v) is 20.5. The largest absolute Gasteiger partial charge is 0.593 e. The Hall–Kier alpha value is -2.40. The first-order valence-electron chi connectivity index (χ1n) is 11.4. The van der Waals surface area contributed by atoms with E-state index in [1.807, 2.05) is 30.3 Å². The molecule has 0 aliphatic carbocycles. The average Bonchev–Trinajstić information content (AvgIpc) is 3.30. The van der Waals surface area contributed by atoms with Crippen LogP contribution in [0.25, 0.3) is 0 Å². The zero-order chi connectivity index (χ0) is 24.7. The van der Waals surface area contributed by atoms with Crippen LogP contribution in [0.1, 0.15) is 29.7 Å². The van der Waals surface area contributed by atoms with Crippen LogP contribution in [0.3, 0.4) is 0 Å². The number of alkyl halides is 3. The van der Waals surface area contributed by atoms with E-state index in [0.717, 1.165) is 43.1 Å². The van der Waals surface area contributed by atoms with Crippen LogP contribution in [0.5, 0.6) is 5.75 Å². The highest BCUT2D eigenvalue weighted by Crippen LogP contribution is 2.42. The molecule has 5 rings (SSSR count). The number of fused-ring (bicyclic) bond motifs is 1. The van der Waals surface area contributed by atoms with E-state index in [4.69, 9.17) is 4.74 Å². The number of para-hydroxylation sites is 2. The van der Waals surface area contributed by atoms with Gasteiger partial charge in [0.2, 0.25) is 0 Å². The lowest BCUT2D eigenvalue weighted by Gasteiger charge is -2.41. The number of hydrogen-bond donors (Lipinski definition) is 0. The summed E-state index contributed by atoms with van der Waals surface area (Å²) in [4.78, 5) is 3.21. The number of benzene rings is 2. The van der Waals surface area contributed by atoms with E-state index < -0.39 is 27.7 Å². The smallest absolute Gasteiger partial charge is 0.416 e. The van der Waals surface area contributed by atoms with Gasteiger partial charge in [-0.15, -0.1) is 15.6 Å². The number of anilines is 1. The minimum atomic E-state index is -4.60. The molecule has 1 unspecified atom stereocenters. The van der Waals surface area contributed by atoms with Gasteiger partial charge < -0.3 is 14.2 Å². The third-order valence-electron chi connectivity index (χ3n) is 6.73. The lowest BCUT2D eigenvalue weighted by atomic mass is 9.88. The fourth-order valence-corrected chi connectivity index (χ4v) is 6.98. The Kier molecular flexibility index (Phi) is 6.41. The Morgan fingerprint density at radius 3 is 2.46 bits per heavy atom. The molecule has 2 aromatic carbocycles. The predicted molar refractivity (Wildman–Crippen MR) is 129 cm³/mol. The van der Waals surface area contributed by atoms with Crippen LogP contribution < -0.4 is 9.64 Å². The minimum absolute atomic E-state index is 0.186. The summed E-state index contributed by atoms with van der Waals surface area (Å²) >= 11 is 1.70. The van der Waals surface area contributed by atoms with Gasteiger partial charge in [0, 0.05) is 49.8 Å². The number of thiophene rings is 1. The second-order valence-corrected chi connectivity index (χ2v) is 11.9. The fraction of sp³-hybridized carbons (Fsp3) is 0.360. The van der Waals surface area contributed by atoms with Gasteiger partial charge in [-0.1, -0.05) is 28.5 Å². The van der Waals surface area contributed by atoms with E-state index >= 15 is 0 Å². The van der Waals surface area contributed by atoms with Crippen molar-refractivity contribution in [2.45, 2.75) is 42.5 Å². The van der Waals surface area contributed by atoms with Crippen molar-refractivity contribution in [1.82, 2.24) is 4.31 Å². The van der Waals surface area contributed by atoms with Gasteiger partial charge in [0.25, 0.3) is 0 Å². The molecular formula is C25H25F3N2O3S2. The van der Waals surface area contributed by atoms with Crippen molar-refractivity contribution < 1.29 is 26.7 Å². The number of rotatable bonds is 4. The lowest BCUT2D eigenvalue weighted by Crippen LogP contribution is -2.51. The van der Waals surface area contributed by atoms with Crippen LogP contribution in [0.2, 0.25) is 0 Å². The quantitative estimate of drug-likeness (QED) is 0.395. The van der Waals surface area contributed by atoms with Crippen LogP contribution >= 0.6 is 11.3 Å². The molecule has 1 spiro atoms. The highest BCUT2D eigenvalue weighted by molar-refractivity contribution is 7.95. The van der Waals surface area contributed by atoms with Crippen LogP contribution in [-0.4, -0.2) is 34.1 Å². The van der Waals surface area contributed by atoms with Gasteiger partial charge in [-0.2, -0.15) is 13.2 Å². The summed E-state index contributed by atoms with van der Waals surface area (Å²) in [5, 5.41) is 2.05. The van der Waals surface area contributed by atoms with Crippen molar-refractivity contribution in [3.8, 4) is 5.75 Å². The maximum absolute atomic E-state index is 13.1. The van der Waals surface area contributed by atoms with Gasteiger partial charge in [-0.05, 0) is 35.7 Å². The molecule has 1 saturated heterocycles. The van der Waals surface area contributed by atoms with Crippen molar-refractivity contribution in [3.05, 3.63) is 76.5 Å². The molecule has 1 aromatic heterocycles. The Balaban J connectivity index is 1.33. The van der Waals surface area contributed by atoms with Gasteiger partial charge >= 0.3 is 6.18 Å². The summed E-state index contributed by atoms with van der Waals surface area (Å²) in [5.74, 6) is 0.774. The van der Waals surface area contributed by atoms with Gasteiger partial charge in [-0.3, -0.25) is 0 Å². The van der Waals surface area contributed by atoms with Crippen LogP contribution in [-0.2, 0) is 27.3 Å². The summed E-state index contributed by atoms with van der Waals surface area (Å²) in [6.45, 7) is 1.90. The summed E-state index contributed by atoms with van der Waals surface area (Å²) in [6.07, 6.45) is -2.95. The molecule has 35 heavy (non-hydrogen) atoms. The number of sulfonamides is 1. The van der Waals surface area contributed by atoms with Crippen molar-refractivity contribution in [2.75, 3.05) is 24.5 Å². The molecule has 1 fully saturated rings.